The van der Waals surface area contributed by atoms with Crippen LogP contribution in [0.2, 0.25) is 0 Å². The molecule has 0 aliphatic heterocycles. The van der Waals surface area contributed by atoms with Gasteiger partial charge in [0.05, 0.1) is 6.04 Å². The second-order valence-electron chi connectivity index (χ2n) is 4.33. The lowest BCUT2D eigenvalue weighted by molar-refractivity contribution is 0.476. The maximum absolute atomic E-state index is 9.44. The van der Waals surface area contributed by atoms with Gasteiger partial charge in [-0.15, -0.1) is 0 Å². The van der Waals surface area contributed by atoms with E-state index < -0.39 is 0 Å². The predicted molar refractivity (Wildman–Crippen MR) is 76.0 cm³/mol. The Labute approximate surface area is 109 Å². The molecule has 0 aliphatic rings. The minimum absolute atomic E-state index is 0.0885. The Morgan fingerprint density at radius 2 is 1.72 bits per heavy atom. The average Bonchev–Trinajstić information content (AvgIpc) is 2.91. The van der Waals surface area contributed by atoms with Crippen LogP contribution < -0.4 is 5.73 Å². The summed E-state index contributed by atoms with van der Waals surface area (Å²) < 4.78 is 0. The highest BCUT2D eigenvalue weighted by Crippen LogP contribution is 2.26. The van der Waals surface area contributed by atoms with E-state index in [4.69, 9.17) is 5.73 Å². The van der Waals surface area contributed by atoms with Gasteiger partial charge < -0.3 is 10.8 Å². The summed E-state index contributed by atoms with van der Waals surface area (Å²) in [5.74, 6) is 0.289. The van der Waals surface area contributed by atoms with Gasteiger partial charge in [-0.1, -0.05) is 18.2 Å². The molecule has 0 spiro atoms. The van der Waals surface area contributed by atoms with E-state index in [0.29, 0.717) is 0 Å². The molecule has 3 aromatic rings. The van der Waals surface area contributed by atoms with Gasteiger partial charge in [-0.2, -0.15) is 11.3 Å². The highest BCUT2D eigenvalue weighted by molar-refractivity contribution is 7.08. The van der Waals surface area contributed by atoms with E-state index >= 15 is 0 Å². The summed E-state index contributed by atoms with van der Waals surface area (Å²) in [6.07, 6.45) is 0. The van der Waals surface area contributed by atoms with E-state index in [2.05, 4.69) is 17.5 Å². The van der Waals surface area contributed by atoms with Gasteiger partial charge in [0.25, 0.3) is 0 Å². The van der Waals surface area contributed by atoms with Crippen LogP contribution in [0.4, 0.5) is 0 Å². The van der Waals surface area contributed by atoms with Crippen molar-refractivity contribution < 1.29 is 5.11 Å². The summed E-state index contributed by atoms with van der Waals surface area (Å²) in [5.41, 5.74) is 8.47. The van der Waals surface area contributed by atoms with Crippen molar-refractivity contribution in [2.24, 2.45) is 5.73 Å². The van der Waals surface area contributed by atoms with Gasteiger partial charge in [-0.05, 0) is 56.9 Å². The number of hydrogen-bond acceptors (Lipinski definition) is 3. The maximum atomic E-state index is 9.44. The zero-order valence-electron chi connectivity index (χ0n) is 9.71. The number of rotatable bonds is 2. The van der Waals surface area contributed by atoms with Gasteiger partial charge in [0.15, 0.2) is 0 Å². The second-order valence-corrected chi connectivity index (χ2v) is 5.11. The van der Waals surface area contributed by atoms with Crippen molar-refractivity contribution in [2.45, 2.75) is 6.04 Å². The van der Waals surface area contributed by atoms with Crippen LogP contribution in [0.3, 0.4) is 0 Å². The number of fused-ring (bicyclic) bond motifs is 1. The second kappa shape index (κ2) is 4.44. The molecule has 18 heavy (non-hydrogen) atoms. The molecule has 0 amide bonds. The monoisotopic (exact) mass is 255 g/mol. The summed E-state index contributed by atoms with van der Waals surface area (Å²) in [6, 6.07) is 13.4. The quantitative estimate of drug-likeness (QED) is 0.734. The molecule has 3 heteroatoms. The maximum Gasteiger partial charge on any atom is 0.116 e. The number of hydrogen-bond donors (Lipinski definition) is 2. The molecule has 3 N–H and O–H groups in total. The summed E-state index contributed by atoms with van der Waals surface area (Å²) in [5, 5.41) is 15.7. The third kappa shape index (κ3) is 1.98. The predicted octanol–water partition coefficient (Wildman–Crippen LogP) is 3.66. The van der Waals surface area contributed by atoms with Crippen molar-refractivity contribution in [3.63, 3.8) is 0 Å². The van der Waals surface area contributed by atoms with Crippen LogP contribution in [0, 0.1) is 0 Å². The summed E-state index contributed by atoms with van der Waals surface area (Å²) in [7, 11) is 0. The van der Waals surface area contributed by atoms with Crippen LogP contribution >= 0.6 is 11.3 Å². The molecule has 0 fully saturated rings. The number of nitrogens with two attached hydrogens (primary N) is 1. The molecule has 2 aromatic carbocycles. The summed E-state index contributed by atoms with van der Waals surface area (Å²) in [4.78, 5) is 0. The minimum atomic E-state index is -0.0885. The molecule has 1 heterocycles. The van der Waals surface area contributed by atoms with Gasteiger partial charge in [0.1, 0.15) is 5.75 Å². The van der Waals surface area contributed by atoms with Gasteiger partial charge in [-0.25, -0.2) is 0 Å². The fourth-order valence-corrected chi connectivity index (χ4v) is 2.79. The van der Waals surface area contributed by atoms with Crippen LogP contribution in [-0.2, 0) is 0 Å². The number of aromatic hydroxyl groups is 1. The molecule has 0 unspecified atom stereocenters. The molecule has 1 aromatic heterocycles. The van der Waals surface area contributed by atoms with Crippen molar-refractivity contribution >= 4 is 22.1 Å². The molecule has 90 valence electrons. The molecule has 0 bridgehead atoms. The van der Waals surface area contributed by atoms with Crippen LogP contribution in [0.15, 0.2) is 53.2 Å². The van der Waals surface area contributed by atoms with E-state index in [1.165, 1.54) is 0 Å². The van der Waals surface area contributed by atoms with E-state index in [1.807, 2.05) is 23.6 Å². The number of thiophene rings is 1. The Balaban J connectivity index is 2.06. The Morgan fingerprint density at radius 3 is 2.50 bits per heavy atom. The lowest BCUT2D eigenvalue weighted by atomic mass is 9.99. The Bertz CT molecular complexity index is 676. The van der Waals surface area contributed by atoms with Crippen LogP contribution in [0.1, 0.15) is 17.2 Å². The minimum Gasteiger partial charge on any atom is -0.508 e. The fourth-order valence-electron chi connectivity index (χ4n) is 2.09. The average molecular weight is 255 g/mol. The van der Waals surface area contributed by atoms with Crippen molar-refractivity contribution in [1.82, 2.24) is 0 Å². The van der Waals surface area contributed by atoms with Gasteiger partial charge in [-0.3, -0.25) is 0 Å². The van der Waals surface area contributed by atoms with E-state index in [9.17, 15) is 5.11 Å². The molecule has 3 rings (SSSR count). The van der Waals surface area contributed by atoms with Crippen molar-refractivity contribution in [1.29, 1.82) is 0 Å². The van der Waals surface area contributed by atoms with Crippen molar-refractivity contribution in [3.05, 3.63) is 64.4 Å². The van der Waals surface area contributed by atoms with E-state index in [1.54, 1.807) is 23.5 Å². The zero-order valence-corrected chi connectivity index (χ0v) is 10.5. The number of phenols is 1. The highest BCUT2D eigenvalue weighted by atomic mass is 32.1. The van der Waals surface area contributed by atoms with Crippen molar-refractivity contribution in [2.75, 3.05) is 0 Å². The molecule has 1 atom stereocenters. The summed E-state index contributed by atoms with van der Waals surface area (Å²) >= 11 is 1.66. The topological polar surface area (TPSA) is 46.2 Å². The van der Waals surface area contributed by atoms with Gasteiger partial charge >= 0.3 is 0 Å². The van der Waals surface area contributed by atoms with E-state index in [0.717, 1.165) is 21.9 Å². The summed E-state index contributed by atoms with van der Waals surface area (Å²) in [6.45, 7) is 0. The van der Waals surface area contributed by atoms with Gasteiger partial charge in [0.2, 0.25) is 0 Å². The third-order valence-electron chi connectivity index (χ3n) is 3.11. The molecular formula is C15H13NOS. The zero-order chi connectivity index (χ0) is 12.5. The molecule has 2 nitrogen and oxygen atoms in total. The SMILES string of the molecule is N[C@H](c1ccsc1)c1ccc2cc(O)ccc2c1. The first-order valence-electron chi connectivity index (χ1n) is 5.74. The number of phenolic OH excluding ortho intramolecular Hbond substituents is 1. The lowest BCUT2D eigenvalue weighted by Crippen LogP contribution is -2.10. The van der Waals surface area contributed by atoms with Crippen molar-refractivity contribution in [3.8, 4) is 5.75 Å². The first-order chi connectivity index (χ1) is 8.74. The molecule has 0 saturated heterocycles. The Kier molecular flexibility index (Phi) is 2.78. The van der Waals surface area contributed by atoms with Crippen LogP contribution in [0.25, 0.3) is 10.8 Å². The standard InChI is InChI=1S/C15H13NOS/c16-15(13-5-6-18-9-13)12-2-1-11-8-14(17)4-3-10(11)7-12/h1-9,15,17H,16H2/t15-/m0/s1. The largest absolute Gasteiger partial charge is 0.508 e. The first-order valence-corrected chi connectivity index (χ1v) is 6.69. The van der Waals surface area contributed by atoms with Gasteiger partial charge in [0, 0.05) is 0 Å². The third-order valence-corrected chi connectivity index (χ3v) is 3.81. The van der Waals surface area contributed by atoms with E-state index in [-0.39, 0.29) is 11.8 Å². The highest BCUT2D eigenvalue weighted by Gasteiger charge is 2.09. The van der Waals surface area contributed by atoms with Crippen LogP contribution in [-0.4, -0.2) is 5.11 Å². The molecule has 0 radical (unpaired) electrons. The lowest BCUT2D eigenvalue weighted by Gasteiger charge is -2.11. The first kappa shape index (κ1) is 11.3. The van der Waals surface area contributed by atoms with Crippen LogP contribution in [0.5, 0.6) is 5.75 Å². The molecule has 0 aliphatic carbocycles. The smallest absolute Gasteiger partial charge is 0.116 e. The fraction of sp³-hybridized carbons (Fsp3) is 0.0667. The normalized spacial score (nSPS) is 12.7. The Morgan fingerprint density at radius 1 is 0.944 bits per heavy atom. The molecular weight excluding hydrogens is 242 g/mol. The Hall–Kier alpha value is -1.84. The number of benzene rings is 2. The molecule has 0 saturated carbocycles.